The van der Waals surface area contributed by atoms with Crippen molar-refractivity contribution in [2.75, 3.05) is 18.6 Å². The lowest BCUT2D eigenvalue weighted by molar-refractivity contribution is -0.117. The number of carbonyl (C=O) groups excluding carboxylic acids is 2. The maximum atomic E-state index is 13.0. The second-order valence-corrected chi connectivity index (χ2v) is 7.91. The van der Waals surface area contributed by atoms with Gasteiger partial charge in [0.15, 0.2) is 5.78 Å². The van der Waals surface area contributed by atoms with Crippen molar-refractivity contribution in [3.05, 3.63) is 90.3 Å². The third kappa shape index (κ3) is 3.54. The molecule has 0 bridgehead atoms. The largest absolute Gasteiger partial charge is 0.495 e. The number of benzene rings is 3. The second-order valence-electron chi connectivity index (χ2n) is 7.91. The summed E-state index contributed by atoms with van der Waals surface area (Å²) in [5.74, 6) is 1.34. The summed E-state index contributed by atoms with van der Waals surface area (Å²) in [7, 11) is 1.60. The number of anilines is 1. The minimum absolute atomic E-state index is 0.0147. The van der Waals surface area contributed by atoms with Gasteiger partial charge in [0.2, 0.25) is 5.91 Å². The summed E-state index contributed by atoms with van der Waals surface area (Å²) in [6.45, 7) is 0.668. The molecule has 6 heteroatoms. The lowest BCUT2D eigenvalue weighted by atomic mass is 10.1. The average molecular weight is 425 g/mol. The summed E-state index contributed by atoms with van der Waals surface area (Å²) >= 11 is 0. The first-order chi connectivity index (χ1) is 15.7. The Morgan fingerprint density at radius 2 is 1.72 bits per heavy atom. The van der Waals surface area contributed by atoms with E-state index in [4.69, 9.17) is 9.72 Å². The number of rotatable bonds is 6. The van der Waals surface area contributed by atoms with E-state index in [-0.39, 0.29) is 24.2 Å². The van der Waals surface area contributed by atoms with Gasteiger partial charge in [-0.15, -0.1) is 0 Å². The van der Waals surface area contributed by atoms with Gasteiger partial charge < -0.3 is 14.2 Å². The van der Waals surface area contributed by atoms with Gasteiger partial charge in [-0.1, -0.05) is 54.6 Å². The number of aromatic nitrogens is 2. The minimum Gasteiger partial charge on any atom is -0.495 e. The lowest BCUT2D eigenvalue weighted by Crippen LogP contribution is -2.25. The number of amides is 1. The molecule has 6 nitrogen and oxygen atoms in total. The number of ether oxygens (including phenoxy) is 1. The lowest BCUT2D eigenvalue weighted by Gasteiger charge is -2.19. The maximum absolute atomic E-state index is 13.0. The molecule has 32 heavy (non-hydrogen) atoms. The molecule has 0 aliphatic carbocycles. The standard InChI is InChI=1S/C26H23N3O3/c1-32-24-14-8-7-13-22(24)28-16-19(15-25(28)31)26-27-20-11-5-6-12-21(20)29(26)17-23(30)18-9-3-2-4-10-18/h2-14,19H,15-17H2,1H3. The quantitative estimate of drug-likeness (QED) is 0.428. The van der Waals surface area contributed by atoms with E-state index < -0.39 is 0 Å². The van der Waals surface area contributed by atoms with E-state index in [1.807, 2.05) is 83.4 Å². The minimum atomic E-state index is -0.122. The topological polar surface area (TPSA) is 64.4 Å². The fraction of sp³-hybridized carbons (Fsp3) is 0.192. The molecule has 1 atom stereocenters. The molecule has 0 radical (unpaired) electrons. The average Bonchev–Trinajstić information content (AvgIpc) is 3.40. The van der Waals surface area contributed by atoms with Crippen molar-refractivity contribution >= 4 is 28.4 Å². The number of ketones is 1. The molecule has 1 saturated heterocycles. The molecule has 4 aromatic rings. The van der Waals surface area contributed by atoms with Gasteiger partial charge >= 0.3 is 0 Å². The zero-order valence-electron chi connectivity index (χ0n) is 17.8. The van der Waals surface area contributed by atoms with Crippen molar-refractivity contribution in [3.63, 3.8) is 0 Å². The Kier molecular flexibility index (Phi) is 5.19. The number of carbonyl (C=O) groups is 2. The van der Waals surface area contributed by atoms with E-state index in [9.17, 15) is 9.59 Å². The molecular formula is C26H23N3O3. The Hall–Kier alpha value is -3.93. The van der Waals surface area contributed by atoms with E-state index >= 15 is 0 Å². The van der Waals surface area contributed by atoms with E-state index in [0.717, 1.165) is 22.5 Å². The van der Waals surface area contributed by atoms with E-state index in [1.165, 1.54) is 0 Å². The molecular weight excluding hydrogens is 402 g/mol. The van der Waals surface area contributed by atoms with E-state index in [2.05, 4.69) is 0 Å². The third-order valence-electron chi connectivity index (χ3n) is 5.95. The number of imidazole rings is 1. The van der Waals surface area contributed by atoms with Gasteiger partial charge in [-0.2, -0.15) is 0 Å². The molecule has 1 unspecified atom stereocenters. The summed E-state index contributed by atoms with van der Waals surface area (Å²) in [6, 6.07) is 24.6. The fourth-order valence-corrected chi connectivity index (χ4v) is 4.40. The summed E-state index contributed by atoms with van der Waals surface area (Å²) < 4.78 is 7.43. The summed E-state index contributed by atoms with van der Waals surface area (Å²) in [6.07, 6.45) is 0.334. The highest BCUT2D eigenvalue weighted by Crippen LogP contribution is 2.37. The summed E-state index contributed by atoms with van der Waals surface area (Å²) in [4.78, 5) is 32.6. The van der Waals surface area contributed by atoms with Crippen molar-refractivity contribution in [2.45, 2.75) is 18.9 Å². The molecule has 1 aromatic heterocycles. The Labute approximate surface area is 186 Å². The number of para-hydroxylation sites is 4. The molecule has 2 heterocycles. The highest BCUT2D eigenvalue weighted by atomic mass is 16.5. The SMILES string of the molecule is COc1ccccc1N1CC(c2nc3ccccc3n2CC(=O)c2ccccc2)CC1=O. The molecule has 3 aromatic carbocycles. The fourth-order valence-electron chi connectivity index (χ4n) is 4.40. The highest BCUT2D eigenvalue weighted by molar-refractivity contribution is 5.98. The monoisotopic (exact) mass is 425 g/mol. The normalized spacial score (nSPS) is 16.0. The van der Waals surface area contributed by atoms with Crippen LogP contribution in [0.5, 0.6) is 5.75 Å². The molecule has 0 saturated carbocycles. The van der Waals surface area contributed by atoms with Gasteiger partial charge in [-0.3, -0.25) is 9.59 Å². The van der Waals surface area contributed by atoms with Crippen LogP contribution in [-0.4, -0.2) is 34.9 Å². The van der Waals surface area contributed by atoms with Gasteiger partial charge in [0.25, 0.3) is 0 Å². The molecule has 5 rings (SSSR count). The van der Waals surface area contributed by atoms with Gasteiger partial charge in [0.1, 0.15) is 11.6 Å². The predicted molar refractivity (Wildman–Crippen MR) is 123 cm³/mol. The van der Waals surface area contributed by atoms with Crippen LogP contribution in [0.25, 0.3) is 11.0 Å². The third-order valence-corrected chi connectivity index (χ3v) is 5.95. The molecule has 1 aliphatic heterocycles. The first-order valence-electron chi connectivity index (χ1n) is 10.6. The molecule has 0 spiro atoms. The molecule has 0 N–H and O–H groups in total. The van der Waals surface area contributed by atoms with Crippen molar-refractivity contribution in [2.24, 2.45) is 0 Å². The number of fused-ring (bicyclic) bond motifs is 1. The van der Waals surface area contributed by atoms with Crippen LogP contribution in [0.15, 0.2) is 78.9 Å². The van der Waals surface area contributed by atoms with Gasteiger partial charge in [0.05, 0.1) is 30.4 Å². The van der Waals surface area contributed by atoms with Crippen LogP contribution in [0.4, 0.5) is 5.69 Å². The second kappa shape index (κ2) is 8.30. The number of methoxy groups -OCH3 is 1. The Morgan fingerprint density at radius 3 is 2.53 bits per heavy atom. The number of hydrogen-bond acceptors (Lipinski definition) is 4. The Bertz CT molecular complexity index is 1300. The molecule has 1 aliphatic rings. The van der Waals surface area contributed by atoms with Crippen LogP contribution in [0.3, 0.4) is 0 Å². The maximum Gasteiger partial charge on any atom is 0.227 e. The van der Waals surface area contributed by atoms with Crippen LogP contribution >= 0.6 is 0 Å². The van der Waals surface area contributed by atoms with Crippen LogP contribution in [0.2, 0.25) is 0 Å². The van der Waals surface area contributed by atoms with Crippen LogP contribution in [0.1, 0.15) is 28.5 Å². The zero-order valence-corrected chi connectivity index (χ0v) is 17.8. The summed E-state index contributed by atoms with van der Waals surface area (Å²) in [5, 5.41) is 0. The van der Waals surface area contributed by atoms with Crippen LogP contribution in [-0.2, 0) is 11.3 Å². The first kappa shape index (κ1) is 20.0. The van der Waals surface area contributed by atoms with E-state index in [1.54, 1.807) is 12.0 Å². The number of hydrogen-bond donors (Lipinski definition) is 0. The predicted octanol–water partition coefficient (Wildman–Crippen LogP) is 4.45. The van der Waals surface area contributed by atoms with Crippen molar-refractivity contribution in [1.82, 2.24) is 9.55 Å². The van der Waals surface area contributed by atoms with Crippen LogP contribution < -0.4 is 9.64 Å². The van der Waals surface area contributed by atoms with E-state index in [0.29, 0.717) is 24.3 Å². The van der Waals surface area contributed by atoms with Gasteiger partial charge in [0, 0.05) is 24.4 Å². The van der Waals surface area contributed by atoms with Crippen molar-refractivity contribution < 1.29 is 14.3 Å². The van der Waals surface area contributed by atoms with Crippen LogP contribution in [0, 0.1) is 0 Å². The number of Topliss-reactive ketones (excluding diaryl/α,β-unsaturated/α-hetero) is 1. The Morgan fingerprint density at radius 1 is 1.00 bits per heavy atom. The number of nitrogens with zero attached hydrogens (tertiary/aromatic N) is 3. The molecule has 1 fully saturated rings. The van der Waals surface area contributed by atoms with Gasteiger partial charge in [-0.05, 0) is 24.3 Å². The first-order valence-corrected chi connectivity index (χ1v) is 10.6. The molecule has 160 valence electrons. The smallest absolute Gasteiger partial charge is 0.227 e. The Balaban J connectivity index is 1.51. The van der Waals surface area contributed by atoms with Crippen molar-refractivity contribution in [3.8, 4) is 5.75 Å². The summed E-state index contributed by atoms with van der Waals surface area (Å²) in [5.41, 5.74) is 3.14. The van der Waals surface area contributed by atoms with Gasteiger partial charge in [-0.25, -0.2) is 4.98 Å². The van der Waals surface area contributed by atoms with Crippen molar-refractivity contribution in [1.29, 1.82) is 0 Å². The zero-order chi connectivity index (χ0) is 22.1. The molecule has 1 amide bonds. The highest BCUT2D eigenvalue weighted by Gasteiger charge is 2.36.